The van der Waals surface area contributed by atoms with E-state index in [1.54, 1.807) is 0 Å². The summed E-state index contributed by atoms with van der Waals surface area (Å²) >= 11 is 3.77. The molecule has 3 nitrogen and oxygen atoms in total. The van der Waals surface area contributed by atoms with Crippen LogP contribution in [0.1, 0.15) is 45.7 Å². The van der Waals surface area contributed by atoms with E-state index in [9.17, 15) is 4.79 Å². The highest BCUT2D eigenvalue weighted by molar-refractivity contribution is 8.01. The van der Waals surface area contributed by atoms with E-state index >= 15 is 0 Å². The Morgan fingerprint density at radius 1 is 1.50 bits per heavy atom. The molecule has 1 aliphatic rings. The first-order chi connectivity index (χ1) is 9.56. The summed E-state index contributed by atoms with van der Waals surface area (Å²) in [6, 6.07) is 2.38. The van der Waals surface area contributed by atoms with Gasteiger partial charge >= 0.3 is 0 Å². The molecule has 0 fully saturated rings. The molecule has 0 aliphatic carbocycles. The summed E-state index contributed by atoms with van der Waals surface area (Å²) < 4.78 is 1.41. The van der Waals surface area contributed by atoms with Crippen molar-refractivity contribution in [3.63, 3.8) is 0 Å². The summed E-state index contributed by atoms with van der Waals surface area (Å²) in [5.74, 6) is 0.206. The maximum Gasteiger partial charge on any atom is 0.239 e. The number of thiophene rings is 1. The Kier molecular flexibility index (Phi) is 5.52. The standard InChI is InChI=1S/C15H24N2OS2/c1-5-17(6-2)14(18)11(4)16-13-9-10(3)20-15-12(13)7-8-19-15/h7-8,10-11,13,16H,5-6,9H2,1-4H3/t10-,11?,13?/m0/s1. The number of fused-ring (bicyclic) bond motifs is 1. The van der Waals surface area contributed by atoms with Crippen molar-refractivity contribution in [1.29, 1.82) is 0 Å². The molecule has 0 radical (unpaired) electrons. The molecule has 2 unspecified atom stereocenters. The first-order valence-electron chi connectivity index (χ1n) is 7.35. The van der Waals surface area contributed by atoms with Gasteiger partial charge in [-0.1, -0.05) is 6.92 Å². The molecule has 20 heavy (non-hydrogen) atoms. The van der Waals surface area contributed by atoms with Crippen LogP contribution < -0.4 is 5.32 Å². The van der Waals surface area contributed by atoms with E-state index in [0.29, 0.717) is 11.3 Å². The first kappa shape index (κ1) is 15.9. The topological polar surface area (TPSA) is 32.3 Å². The van der Waals surface area contributed by atoms with Gasteiger partial charge in [-0.15, -0.1) is 23.1 Å². The minimum Gasteiger partial charge on any atom is -0.342 e. The van der Waals surface area contributed by atoms with Crippen molar-refractivity contribution in [2.75, 3.05) is 13.1 Å². The Balaban J connectivity index is 2.05. The second-order valence-electron chi connectivity index (χ2n) is 5.28. The molecule has 3 atom stereocenters. The number of rotatable bonds is 5. The first-order valence-corrected chi connectivity index (χ1v) is 9.11. The van der Waals surface area contributed by atoms with E-state index in [-0.39, 0.29) is 11.9 Å². The number of likely N-dealkylation sites (N-methyl/N-ethyl adjacent to an activating group) is 1. The van der Waals surface area contributed by atoms with Crippen molar-refractivity contribution in [2.45, 2.75) is 55.7 Å². The summed E-state index contributed by atoms with van der Waals surface area (Å²) in [6.45, 7) is 9.87. The van der Waals surface area contributed by atoms with Crippen molar-refractivity contribution >= 4 is 29.0 Å². The zero-order valence-electron chi connectivity index (χ0n) is 12.7. The predicted molar refractivity (Wildman–Crippen MR) is 87.5 cm³/mol. The molecule has 0 bridgehead atoms. The van der Waals surface area contributed by atoms with Crippen LogP contribution in [-0.4, -0.2) is 35.2 Å². The number of hydrogen-bond donors (Lipinski definition) is 1. The van der Waals surface area contributed by atoms with Crippen LogP contribution in [0.5, 0.6) is 0 Å². The zero-order valence-corrected chi connectivity index (χ0v) is 14.3. The molecule has 1 aromatic heterocycles. The number of nitrogens with one attached hydrogen (secondary N) is 1. The Morgan fingerprint density at radius 2 is 2.20 bits per heavy atom. The molecular weight excluding hydrogens is 288 g/mol. The minimum absolute atomic E-state index is 0.122. The Hall–Kier alpha value is -0.520. The van der Waals surface area contributed by atoms with Crippen molar-refractivity contribution in [3.05, 3.63) is 17.0 Å². The van der Waals surface area contributed by atoms with Gasteiger partial charge in [0.2, 0.25) is 5.91 Å². The quantitative estimate of drug-likeness (QED) is 0.903. The lowest BCUT2D eigenvalue weighted by molar-refractivity contribution is -0.132. The molecule has 112 valence electrons. The Bertz CT molecular complexity index is 456. The predicted octanol–water partition coefficient (Wildman–Crippen LogP) is 3.52. The highest BCUT2D eigenvalue weighted by Gasteiger charge is 2.29. The van der Waals surface area contributed by atoms with Gasteiger partial charge in [0, 0.05) is 24.4 Å². The smallest absolute Gasteiger partial charge is 0.239 e. The van der Waals surface area contributed by atoms with Gasteiger partial charge in [0.1, 0.15) is 0 Å². The maximum atomic E-state index is 12.4. The minimum atomic E-state index is -0.122. The normalized spacial score (nSPS) is 23.2. The number of carbonyl (C=O) groups is 1. The van der Waals surface area contributed by atoms with Gasteiger partial charge in [0.25, 0.3) is 0 Å². The van der Waals surface area contributed by atoms with Crippen molar-refractivity contribution in [1.82, 2.24) is 10.2 Å². The highest BCUT2D eigenvalue weighted by atomic mass is 32.2. The maximum absolute atomic E-state index is 12.4. The average Bonchev–Trinajstić information content (AvgIpc) is 2.88. The van der Waals surface area contributed by atoms with Crippen LogP contribution in [0.2, 0.25) is 0 Å². The molecule has 1 aromatic rings. The Morgan fingerprint density at radius 3 is 2.85 bits per heavy atom. The van der Waals surface area contributed by atoms with Gasteiger partial charge in [-0.05, 0) is 44.2 Å². The van der Waals surface area contributed by atoms with Gasteiger partial charge in [0.15, 0.2) is 0 Å². The number of thioether (sulfide) groups is 1. The summed E-state index contributed by atoms with van der Waals surface area (Å²) in [7, 11) is 0. The molecule has 0 spiro atoms. The molecule has 2 heterocycles. The second kappa shape index (κ2) is 6.96. The van der Waals surface area contributed by atoms with Gasteiger partial charge in [-0.2, -0.15) is 0 Å². The van der Waals surface area contributed by atoms with Crippen molar-refractivity contribution in [2.24, 2.45) is 0 Å². The summed E-state index contributed by atoms with van der Waals surface area (Å²) in [4.78, 5) is 14.3. The number of amides is 1. The van der Waals surface area contributed by atoms with Crippen molar-refractivity contribution in [3.8, 4) is 0 Å². The zero-order chi connectivity index (χ0) is 14.7. The van der Waals surface area contributed by atoms with Gasteiger partial charge in [-0.25, -0.2) is 0 Å². The lowest BCUT2D eigenvalue weighted by atomic mass is 10.0. The van der Waals surface area contributed by atoms with Crippen LogP contribution >= 0.6 is 23.1 Å². The average molecular weight is 313 g/mol. The molecule has 1 N–H and O–H groups in total. The van der Waals surface area contributed by atoms with Crippen LogP contribution in [0.25, 0.3) is 0 Å². The largest absolute Gasteiger partial charge is 0.342 e. The summed E-state index contributed by atoms with van der Waals surface area (Å²) in [6.07, 6.45) is 1.09. The fourth-order valence-electron chi connectivity index (χ4n) is 2.69. The van der Waals surface area contributed by atoms with Crippen LogP contribution in [-0.2, 0) is 4.79 Å². The van der Waals surface area contributed by atoms with Crippen molar-refractivity contribution < 1.29 is 4.79 Å². The molecule has 1 aliphatic heterocycles. The molecular formula is C15H24N2OS2. The van der Waals surface area contributed by atoms with Gasteiger partial charge < -0.3 is 4.90 Å². The molecule has 5 heteroatoms. The number of carbonyl (C=O) groups excluding carboxylic acids is 1. The monoisotopic (exact) mass is 312 g/mol. The van der Waals surface area contributed by atoms with Crippen LogP contribution in [0.3, 0.4) is 0 Å². The van der Waals surface area contributed by atoms with Crippen LogP contribution in [0.4, 0.5) is 0 Å². The SMILES string of the molecule is CCN(CC)C(=O)C(C)NC1C[C@H](C)Sc2sccc21. The lowest BCUT2D eigenvalue weighted by Gasteiger charge is -2.31. The van der Waals surface area contributed by atoms with E-state index in [1.165, 1.54) is 9.77 Å². The van der Waals surface area contributed by atoms with E-state index in [1.807, 2.05) is 48.8 Å². The third-order valence-corrected chi connectivity index (χ3v) is 6.15. The van der Waals surface area contributed by atoms with E-state index < -0.39 is 0 Å². The van der Waals surface area contributed by atoms with Gasteiger partial charge in [0.05, 0.1) is 10.3 Å². The molecule has 0 aromatic carbocycles. The van der Waals surface area contributed by atoms with E-state index in [2.05, 4.69) is 23.7 Å². The summed E-state index contributed by atoms with van der Waals surface area (Å²) in [5.41, 5.74) is 1.37. The van der Waals surface area contributed by atoms with E-state index in [0.717, 1.165) is 19.5 Å². The fourth-order valence-corrected chi connectivity index (χ4v) is 5.26. The fraction of sp³-hybridized carbons (Fsp3) is 0.667. The highest BCUT2D eigenvalue weighted by Crippen LogP contribution is 2.43. The number of hydrogen-bond acceptors (Lipinski definition) is 4. The second-order valence-corrected chi connectivity index (χ2v) is 7.90. The summed E-state index contributed by atoms with van der Waals surface area (Å²) in [5, 5.41) is 6.30. The molecule has 0 saturated carbocycles. The Labute approximate surface area is 130 Å². The molecule has 1 amide bonds. The molecule has 0 saturated heterocycles. The van der Waals surface area contributed by atoms with Crippen LogP contribution in [0, 0.1) is 0 Å². The third-order valence-electron chi connectivity index (χ3n) is 3.81. The lowest BCUT2D eigenvalue weighted by Crippen LogP contribution is -2.46. The van der Waals surface area contributed by atoms with E-state index in [4.69, 9.17) is 0 Å². The number of nitrogens with zero attached hydrogens (tertiary/aromatic N) is 1. The van der Waals surface area contributed by atoms with Gasteiger partial charge in [-0.3, -0.25) is 10.1 Å². The van der Waals surface area contributed by atoms with Crippen LogP contribution in [0.15, 0.2) is 15.7 Å². The third kappa shape index (κ3) is 3.38. The molecule has 2 rings (SSSR count).